The summed E-state index contributed by atoms with van der Waals surface area (Å²) in [4.78, 5) is 14.2. The number of para-hydroxylation sites is 1. The number of carbonyl (C=O) groups excluding carboxylic acids is 1. The van der Waals surface area contributed by atoms with Crippen molar-refractivity contribution in [2.45, 2.75) is 26.2 Å². The molecule has 0 N–H and O–H groups in total. The Bertz CT molecular complexity index is 660. The maximum Gasteiger partial charge on any atom is 0.222 e. The van der Waals surface area contributed by atoms with Crippen molar-refractivity contribution in [1.29, 1.82) is 0 Å². The normalized spacial score (nSPS) is 16.7. The molecule has 0 spiro atoms. The average molecular weight is 354 g/mol. The summed E-state index contributed by atoms with van der Waals surface area (Å²) in [6.45, 7) is 4.46. The molecule has 0 bridgehead atoms. The molecule has 0 aliphatic carbocycles. The lowest BCUT2D eigenvalue weighted by Gasteiger charge is -2.21. The van der Waals surface area contributed by atoms with E-state index >= 15 is 0 Å². The van der Waals surface area contributed by atoms with Crippen LogP contribution in [0.2, 0.25) is 0 Å². The molecule has 1 aliphatic rings. The highest BCUT2D eigenvalue weighted by molar-refractivity contribution is 7.88. The summed E-state index contributed by atoms with van der Waals surface area (Å²) in [5, 5.41) is 0. The molecule has 1 amide bonds. The predicted octanol–water partition coefficient (Wildman–Crippen LogP) is 1.51. The zero-order valence-corrected chi connectivity index (χ0v) is 15.2. The summed E-state index contributed by atoms with van der Waals surface area (Å²) in [7, 11) is -3.19. The number of sulfonamides is 1. The van der Waals surface area contributed by atoms with E-state index < -0.39 is 10.0 Å². The monoisotopic (exact) mass is 354 g/mol. The zero-order chi connectivity index (χ0) is 17.6. The second kappa shape index (κ2) is 8.48. The van der Waals surface area contributed by atoms with Crippen molar-refractivity contribution in [2.75, 3.05) is 39.0 Å². The van der Waals surface area contributed by atoms with Gasteiger partial charge in [0.25, 0.3) is 0 Å². The van der Waals surface area contributed by atoms with Gasteiger partial charge in [-0.25, -0.2) is 12.7 Å². The van der Waals surface area contributed by atoms with Crippen LogP contribution in [0.1, 0.15) is 25.3 Å². The van der Waals surface area contributed by atoms with E-state index in [9.17, 15) is 13.2 Å². The maximum absolute atomic E-state index is 12.5. The van der Waals surface area contributed by atoms with Crippen LogP contribution < -0.4 is 4.74 Å². The van der Waals surface area contributed by atoms with Gasteiger partial charge in [0.1, 0.15) is 5.75 Å². The Labute approximate surface area is 144 Å². The Hall–Kier alpha value is -1.60. The third-order valence-corrected chi connectivity index (χ3v) is 5.46. The molecule has 0 saturated carbocycles. The highest BCUT2D eigenvalue weighted by Crippen LogP contribution is 2.20. The third-order valence-electron chi connectivity index (χ3n) is 4.16. The molecule has 1 fully saturated rings. The van der Waals surface area contributed by atoms with Gasteiger partial charge in [-0.2, -0.15) is 0 Å². The third kappa shape index (κ3) is 5.21. The van der Waals surface area contributed by atoms with Crippen LogP contribution in [0.3, 0.4) is 0 Å². The maximum atomic E-state index is 12.5. The molecule has 0 aromatic heterocycles. The number of ether oxygens (including phenoxy) is 1. The van der Waals surface area contributed by atoms with Crippen molar-refractivity contribution in [3.05, 3.63) is 29.8 Å². The summed E-state index contributed by atoms with van der Waals surface area (Å²) < 4.78 is 30.3. The summed E-state index contributed by atoms with van der Waals surface area (Å²) in [5.74, 6) is 0.892. The van der Waals surface area contributed by atoms with Crippen molar-refractivity contribution < 1.29 is 17.9 Å². The van der Waals surface area contributed by atoms with E-state index in [1.165, 1.54) is 10.6 Å². The lowest BCUT2D eigenvalue weighted by Crippen LogP contribution is -2.37. The number of aryl methyl sites for hydroxylation is 1. The van der Waals surface area contributed by atoms with Gasteiger partial charge in [0, 0.05) is 32.6 Å². The zero-order valence-electron chi connectivity index (χ0n) is 14.4. The molecule has 1 aromatic carbocycles. The Morgan fingerprint density at radius 2 is 1.92 bits per heavy atom. The largest absolute Gasteiger partial charge is 0.494 e. The van der Waals surface area contributed by atoms with Crippen LogP contribution in [-0.4, -0.2) is 62.6 Å². The van der Waals surface area contributed by atoms with Crippen molar-refractivity contribution in [3.63, 3.8) is 0 Å². The van der Waals surface area contributed by atoms with E-state index in [2.05, 4.69) is 0 Å². The molecule has 6 nitrogen and oxygen atoms in total. The predicted molar refractivity (Wildman–Crippen MR) is 93.5 cm³/mol. The van der Waals surface area contributed by atoms with Gasteiger partial charge in [0.05, 0.1) is 12.9 Å². The number of amides is 1. The van der Waals surface area contributed by atoms with E-state index in [1.54, 1.807) is 4.90 Å². The molecule has 0 unspecified atom stereocenters. The van der Waals surface area contributed by atoms with Gasteiger partial charge in [-0.1, -0.05) is 18.2 Å². The summed E-state index contributed by atoms with van der Waals surface area (Å²) in [5.41, 5.74) is 1.03. The molecular formula is C17H26N2O4S. The second-order valence-electron chi connectivity index (χ2n) is 5.94. The Morgan fingerprint density at radius 3 is 2.62 bits per heavy atom. The van der Waals surface area contributed by atoms with Crippen molar-refractivity contribution in [2.24, 2.45) is 0 Å². The molecule has 1 aromatic rings. The van der Waals surface area contributed by atoms with Crippen LogP contribution >= 0.6 is 0 Å². The SMILES string of the molecule is CCOc1ccccc1CCC(=O)N1CCCN(S(C)(=O)=O)CC1. The Kier molecular flexibility index (Phi) is 6.62. The van der Waals surface area contributed by atoms with Gasteiger partial charge in [-0.15, -0.1) is 0 Å². The van der Waals surface area contributed by atoms with Gasteiger partial charge in [0.15, 0.2) is 0 Å². The van der Waals surface area contributed by atoms with Gasteiger partial charge >= 0.3 is 0 Å². The number of benzene rings is 1. The summed E-state index contributed by atoms with van der Waals surface area (Å²) >= 11 is 0. The first-order valence-electron chi connectivity index (χ1n) is 8.35. The smallest absolute Gasteiger partial charge is 0.222 e. The van der Waals surface area contributed by atoms with Gasteiger partial charge < -0.3 is 9.64 Å². The number of rotatable bonds is 6. The first kappa shape index (κ1) is 18.7. The quantitative estimate of drug-likeness (QED) is 0.777. The molecule has 0 radical (unpaired) electrons. The van der Waals surface area contributed by atoms with E-state index in [-0.39, 0.29) is 5.91 Å². The molecule has 7 heteroatoms. The van der Waals surface area contributed by atoms with Crippen LogP contribution in [0, 0.1) is 0 Å². The van der Waals surface area contributed by atoms with Crippen molar-refractivity contribution in [1.82, 2.24) is 9.21 Å². The first-order chi connectivity index (χ1) is 11.4. The van der Waals surface area contributed by atoms with Crippen LogP contribution in [0.5, 0.6) is 5.75 Å². The van der Waals surface area contributed by atoms with Crippen LogP contribution in [-0.2, 0) is 21.2 Å². The molecule has 24 heavy (non-hydrogen) atoms. The minimum absolute atomic E-state index is 0.0663. The fourth-order valence-electron chi connectivity index (χ4n) is 2.88. The van der Waals surface area contributed by atoms with Gasteiger partial charge in [-0.05, 0) is 31.4 Å². The molecule has 0 atom stereocenters. The molecule has 134 valence electrons. The molecule has 2 rings (SSSR count). The second-order valence-corrected chi connectivity index (χ2v) is 7.92. The van der Waals surface area contributed by atoms with Crippen molar-refractivity contribution >= 4 is 15.9 Å². The minimum Gasteiger partial charge on any atom is -0.494 e. The number of hydrogen-bond acceptors (Lipinski definition) is 4. The molecule has 1 saturated heterocycles. The van der Waals surface area contributed by atoms with Gasteiger partial charge in [-0.3, -0.25) is 4.79 Å². The fourth-order valence-corrected chi connectivity index (χ4v) is 3.76. The summed E-state index contributed by atoms with van der Waals surface area (Å²) in [6.07, 6.45) is 2.92. The highest BCUT2D eigenvalue weighted by Gasteiger charge is 2.23. The number of nitrogens with zero attached hydrogens (tertiary/aromatic N) is 2. The van der Waals surface area contributed by atoms with E-state index in [1.807, 2.05) is 31.2 Å². The Balaban J connectivity index is 1.91. The standard InChI is InChI=1S/C17H26N2O4S/c1-3-23-16-8-5-4-7-15(16)9-10-17(20)18-11-6-12-19(14-13-18)24(2,21)22/h4-5,7-8H,3,6,9-14H2,1-2H3. The molecular weight excluding hydrogens is 328 g/mol. The van der Waals surface area contributed by atoms with E-state index in [4.69, 9.17) is 4.74 Å². The van der Waals surface area contributed by atoms with Crippen LogP contribution in [0.15, 0.2) is 24.3 Å². The van der Waals surface area contributed by atoms with Gasteiger partial charge in [0.2, 0.25) is 15.9 Å². The first-order valence-corrected chi connectivity index (χ1v) is 10.2. The molecule has 1 aliphatic heterocycles. The fraction of sp³-hybridized carbons (Fsp3) is 0.588. The summed E-state index contributed by atoms with van der Waals surface area (Å²) in [6, 6.07) is 7.76. The van der Waals surface area contributed by atoms with Crippen LogP contribution in [0.4, 0.5) is 0 Å². The Morgan fingerprint density at radius 1 is 1.17 bits per heavy atom. The van der Waals surface area contributed by atoms with Crippen molar-refractivity contribution in [3.8, 4) is 5.75 Å². The number of carbonyl (C=O) groups is 1. The number of hydrogen-bond donors (Lipinski definition) is 0. The lowest BCUT2D eigenvalue weighted by atomic mass is 10.1. The van der Waals surface area contributed by atoms with E-state index in [0.29, 0.717) is 52.0 Å². The highest BCUT2D eigenvalue weighted by atomic mass is 32.2. The topological polar surface area (TPSA) is 66.9 Å². The molecule has 1 heterocycles. The lowest BCUT2D eigenvalue weighted by molar-refractivity contribution is -0.131. The minimum atomic E-state index is -3.19. The average Bonchev–Trinajstić information content (AvgIpc) is 2.80. The van der Waals surface area contributed by atoms with Crippen LogP contribution in [0.25, 0.3) is 0 Å². The van der Waals surface area contributed by atoms with E-state index in [0.717, 1.165) is 11.3 Å².